The summed E-state index contributed by atoms with van der Waals surface area (Å²) in [4.78, 5) is 14.5. The van der Waals surface area contributed by atoms with E-state index in [1.165, 1.54) is 0 Å². The Labute approximate surface area is 114 Å². The second-order valence-electron chi connectivity index (χ2n) is 5.32. The molecule has 1 heterocycles. The van der Waals surface area contributed by atoms with E-state index in [0.717, 1.165) is 30.5 Å². The highest BCUT2D eigenvalue weighted by atomic mass is 16.2. The van der Waals surface area contributed by atoms with E-state index in [9.17, 15) is 4.79 Å². The summed E-state index contributed by atoms with van der Waals surface area (Å²) in [6.07, 6.45) is 2.21. The SMILES string of the molecule is C[C@@H]1CCCN(C(=O)c2ccc(CN)cc2)[C@@H]1CN. The Morgan fingerprint density at radius 2 is 2.00 bits per heavy atom. The molecule has 2 rings (SSSR count). The summed E-state index contributed by atoms with van der Waals surface area (Å²) in [6, 6.07) is 7.71. The Bertz CT molecular complexity index is 430. The van der Waals surface area contributed by atoms with E-state index in [-0.39, 0.29) is 11.9 Å². The summed E-state index contributed by atoms with van der Waals surface area (Å²) in [6.45, 7) is 4.02. The second-order valence-corrected chi connectivity index (χ2v) is 5.32. The predicted molar refractivity (Wildman–Crippen MR) is 76.6 cm³/mol. The summed E-state index contributed by atoms with van der Waals surface area (Å²) in [7, 11) is 0. The van der Waals surface area contributed by atoms with Crippen LogP contribution in [0.2, 0.25) is 0 Å². The molecule has 4 nitrogen and oxygen atoms in total. The van der Waals surface area contributed by atoms with Crippen LogP contribution in [0.3, 0.4) is 0 Å². The fourth-order valence-corrected chi connectivity index (χ4v) is 2.81. The maximum Gasteiger partial charge on any atom is 0.254 e. The molecule has 0 spiro atoms. The van der Waals surface area contributed by atoms with E-state index < -0.39 is 0 Å². The maximum atomic E-state index is 12.6. The number of nitrogens with two attached hydrogens (primary N) is 2. The number of carbonyl (C=O) groups is 1. The standard InChI is InChI=1S/C15H23N3O/c1-11-3-2-8-18(14(11)10-17)15(19)13-6-4-12(9-16)5-7-13/h4-7,11,14H,2-3,8-10,16-17H2,1H3/t11-,14-/m1/s1. The van der Waals surface area contributed by atoms with Crippen molar-refractivity contribution in [3.63, 3.8) is 0 Å². The molecular formula is C15H23N3O. The molecule has 0 saturated carbocycles. The smallest absolute Gasteiger partial charge is 0.254 e. The molecule has 4 heteroatoms. The minimum Gasteiger partial charge on any atom is -0.334 e. The third-order valence-corrected chi connectivity index (χ3v) is 4.05. The lowest BCUT2D eigenvalue weighted by atomic mass is 9.90. The van der Waals surface area contributed by atoms with Crippen molar-refractivity contribution in [1.82, 2.24) is 4.90 Å². The summed E-state index contributed by atoms with van der Waals surface area (Å²) >= 11 is 0. The third kappa shape index (κ3) is 2.96. The number of nitrogens with zero attached hydrogens (tertiary/aromatic N) is 1. The van der Waals surface area contributed by atoms with Gasteiger partial charge in [-0.3, -0.25) is 4.79 Å². The van der Waals surface area contributed by atoms with Crippen LogP contribution in [0.1, 0.15) is 35.7 Å². The van der Waals surface area contributed by atoms with Gasteiger partial charge in [-0.05, 0) is 36.5 Å². The average Bonchev–Trinajstić information content (AvgIpc) is 2.46. The zero-order valence-corrected chi connectivity index (χ0v) is 11.5. The Kier molecular flexibility index (Phi) is 4.56. The van der Waals surface area contributed by atoms with Crippen molar-refractivity contribution in [2.45, 2.75) is 32.4 Å². The second kappa shape index (κ2) is 6.17. The summed E-state index contributed by atoms with van der Waals surface area (Å²) in [5.41, 5.74) is 13.2. The van der Waals surface area contributed by atoms with Crippen LogP contribution in [0.25, 0.3) is 0 Å². The monoisotopic (exact) mass is 261 g/mol. The van der Waals surface area contributed by atoms with Gasteiger partial charge < -0.3 is 16.4 Å². The first-order chi connectivity index (χ1) is 9.17. The first-order valence-electron chi connectivity index (χ1n) is 6.97. The van der Waals surface area contributed by atoms with Gasteiger partial charge in [0.1, 0.15) is 0 Å². The number of likely N-dealkylation sites (tertiary alicyclic amines) is 1. The molecule has 2 atom stereocenters. The number of carbonyl (C=O) groups excluding carboxylic acids is 1. The fourth-order valence-electron chi connectivity index (χ4n) is 2.81. The zero-order chi connectivity index (χ0) is 13.8. The Hall–Kier alpha value is -1.39. The molecule has 1 aromatic carbocycles. The molecule has 0 radical (unpaired) electrons. The number of rotatable bonds is 3. The van der Waals surface area contributed by atoms with Crippen LogP contribution in [0.5, 0.6) is 0 Å². The van der Waals surface area contributed by atoms with Crippen molar-refractivity contribution < 1.29 is 4.79 Å². The van der Waals surface area contributed by atoms with Crippen molar-refractivity contribution in [3.05, 3.63) is 35.4 Å². The van der Waals surface area contributed by atoms with Gasteiger partial charge in [0.2, 0.25) is 0 Å². The van der Waals surface area contributed by atoms with E-state index in [1.54, 1.807) is 0 Å². The van der Waals surface area contributed by atoms with Crippen LogP contribution < -0.4 is 11.5 Å². The molecular weight excluding hydrogens is 238 g/mol. The molecule has 0 unspecified atom stereocenters. The van der Waals surface area contributed by atoms with Crippen LogP contribution in [-0.2, 0) is 6.54 Å². The van der Waals surface area contributed by atoms with Gasteiger partial charge in [0.25, 0.3) is 5.91 Å². The van der Waals surface area contributed by atoms with E-state index >= 15 is 0 Å². The molecule has 0 bridgehead atoms. The summed E-state index contributed by atoms with van der Waals surface area (Å²) in [5, 5.41) is 0. The van der Waals surface area contributed by atoms with Gasteiger partial charge in [0, 0.05) is 31.2 Å². The van der Waals surface area contributed by atoms with Gasteiger partial charge in [0.05, 0.1) is 0 Å². The molecule has 1 aliphatic rings. The highest BCUT2D eigenvalue weighted by molar-refractivity contribution is 5.94. The zero-order valence-electron chi connectivity index (χ0n) is 11.5. The minimum absolute atomic E-state index is 0.0885. The van der Waals surface area contributed by atoms with Gasteiger partial charge >= 0.3 is 0 Å². The van der Waals surface area contributed by atoms with Crippen molar-refractivity contribution in [1.29, 1.82) is 0 Å². The van der Waals surface area contributed by atoms with Gasteiger partial charge in [-0.15, -0.1) is 0 Å². The van der Waals surface area contributed by atoms with Crippen LogP contribution in [0.15, 0.2) is 24.3 Å². The number of piperidine rings is 1. The molecule has 19 heavy (non-hydrogen) atoms. The van der Waals surface area contributed by atoms with Crippen LogP contribution in [-0.4, -0.2) is 29.9 Å². The van der Waals surface area contributed by atoms with Crippen molar-refractivity contribution in [3.8, 4) is 0 Å². The van der Waals surface area contributed by atoms with Crippen molar-refractivity contribution >= 4 is 5.91 Å². The van der Waals surface area contributed by atoms with Crippen LogP contribution in [0, 0.1) is 5.92 Å². The maximum absolute atomic E-state index is 12.6. The number of hydrogen-bond donors (Lipinski definition) is 2. The third-order valence-electron chi connectivity index (χ3n) is 4.05. The van der Waals surface area contributed by atoms with E-state index in [0.29, 0.717) is 19.0 Å². The van der Waals surface area contributed by atoms with Crippen molar-refractivity contribution in [2.75, 3.05) is 13.1 Å². The van der Waals surface area contributed by atoms with Gasteiger partial charge in [-0.1, -0.05) is 19.1 Å². The quantitative estimate of drug-likeness (QED) is 0.862. The Balaban J connectivity index is 2.16. The largest absolute Gasteiger partial charge is 0.334 e. The van der Waals surface area contributed by atoms with E-state index in [2.05, 4.69) is 6.92 Å². The molecule has 1 aromatic rings. The van der Waals surface area contributed by atoms with Crippen LogP contribution >= 0.6 is 0 Å². The molecule has 4 N–H and O–H groups in total. The lowest BCUT2D eigenvalue weighted by Gasteiger charge is -2.39. The molecule has 104 valence electrons. The lowest BCUT2D eigenvalue weighted by molar-refractivity contribution is 0.0532. The fraction of sp³-hybridized carbons (Fsp3) is 0.533. The average molecular weight is 261 g/mol. The van der Waals surface area contributed by atoms with E-state index in [1.807, 2.05) is 29.2 Å². The number of amides is 1. The van der Waals surface area contributed by atoms with Crippen molar-refractivity contribution in [2.24, 2.45) is 17.4 Å². The van der Waals surface area contributed by atoms with Gasteiger partial charge in [-0.2, -0.15) is 0 Å². The highest BCUT2D eigenvalue weighted by Crippen LogP contribution is 2.24. The molecule has 0 aromatic heterocycles. The topological polar surface area (TPSA) is 72.3 Å². The predicted octanol–water partition coefficient (Wildman–Crippen LogP) is 1.34. The number of hydrogen-bond acceptors (Lipinski definition) is 3. The molecule has 1 fully saturated rings. The lowest BCUT2D eigenvalue weighted by Crippen LogP contribution is -2.51. The number of benzene rings is 1. The normalized spacial score (nSPS) is 23.4. The molecule has 1 saturated heterocycles. The first kappa shape index (κ1) is 14.0. The molecule has 1 amide bonds. The molecule has 1 aliphatic heterocycles. The summed E-state index contributed by atoms with van der Waals surface area (Å²) in [5.74, 6) is 0.566. The van der Waals surface area contributed by atoms with Crippen LogP contribution in [0.4, 0.5) is 0 Å². The molecule has 0 aliphatic carbocycles. The Morgan fingerprint density at radius 1 is 1.32 bits per heavy atom. The Morgan fingerprint density at radius 3 is 2.58 bits per heavy atom. The van der Waals surface area contributed by atoms with E-state index in [4.69, 9.17) is 11.5 Å². The first-order valence-corrected chi connectivity index (χ1v) is 6.97. The van der Waals surface area contributed by atoms with Gasteiger partial charge in [-0.25, -0.2) is 0 Å². The minimum atomic E-state index is 0.0885. The highest BCUT2D eigenvalue weighted by Gasteiger charge is 2.31. The van der Waals surface area contributed by atoms with Gasteiger partial charge in [0.15, 0.2) is 0 Å². The summed E-state index contributed by atoms with van der Waals surface area (Å²) < 4.78 is 0.